The highest BCUT2D eigenvalue weighted by Crippen LogP contribution is 2.30. The second-order valence-electron chi connectivity index (χ2n) is 5.06. The van der Waals surface area contributed by atoms with Crippen LogP contribution in [0.5, 0.6) is 0 Å². The van der Waals surface area contributed by atoms with Crippen molar-refractivity contribution in [1.82, 2.24) is 9.55 Å². The van der Waals surface area contributed by atoms with Gasteiger partial charge in [0.2, 0.25) is 0 Å². The lowest BCUT2D eigenvalue weighted by Crippen LogP contribution is -2.01. The van der Waals surface area contributed by atoms with Crippen LogP contribution in [0.4, 0.5) is 0 Å². The van der Waals surface area contributed by atoms with E-state index < -0.39 is 5.97 Å². The molecule has 4 nitrogen and oxygen atoms in total. The molecule has 19 heavy (non-hydrogen) atoms. The number of carboxylic acids is 1. The maximum absolute atomic E-state index is 11.3. The number of aryl methyl sites for hydroxylation is 3. The van der Waals surface area contributed by atoms with Crippen molar-refractivity contribution < 1.29 is 9.90 Å². The molecule has 1 heterocycles. The molecule has 2 aromatic rings. The molecule has 1 aromatic carbocycles. The summed E-state index contributed by atoms with van der Waals surface area (Å²) in [6.07, 6.45) is 3.41. The Labute approximate surface area is 111 Å². The highest BCUT2D eigenvalue weighted by Gasteiger charge is 2.21. The fourth-order valence-electron chi connectivity index (χ4n) is 2.81. The SMILES string of the molecule is Cc1nc(C(=O)O)c(-c2ccc3c(c2)CCC3)n1C. The fraction of sp³-hybridized carbons (Fsp3) is 0.333. The third-order valence-electron chi connectivity index (χ3n) is 3.89. The molecule has 0 atom stereocenters. The van der Waals surface area contributed by atoms with E-state index in [-0.39, 0.29) is 5.69 Å². The number of rotatable bonds is 2. The topological polar surface area (TPSA) is 55.1 Å². The Balaban J connectivity index is 2.19. The summed E-state index contributed by atoms with van der Waals surface area (Å²) in [5.41, 5.74) is 4.51. The second kappa shape index (κ2) is 4.23. The fourth-order valence-corrected chi connectivity index (χ4v) is 2.81. The zero-order valence-corrected chi connectivity index (χ0v) is 11.1. The summed E-state index contributed by atoms with van der Waals surface area (Å²) in [5.74, 6) is -0.257. The van der Waals surface area contributed by atoms with Gasteiger partial charge in [0.1, 0.15) is 5.82 Å². The molecule has 1 aliphatic carbocycles. The first kappa shape index (κ1) is 12.0. The summed E-state index contributed by atoms with van der Waals surface area (Å²) >= 11 is 0. The van der Waals surface area contributed by atoms with Gasteiger partial charge in [-0.15, -0.1) is 0 Å². The molecular formula is C15H16N2O2. The number of carbonyl (C=O) groups is 1. The molecule has 0 saturated carbocycles. The Morgan fingerprint density at radius 1 is 1.32 bits per heavy atom. The molecule has 0 fully saturated rings. The van der Waals surface area contributed by atoms with Crippen LogP contribution in [0.3, 0.4) is 0 Å². The zero-order valence-electron chi connectivity index (χ0n) is 11.1. The molecular weight excluding hydrogens is 240 g/mol. The van der Waals surface area contributed by atoms with Crippen LogP contribution in [0.1, 0.15) is 33.9 Å². The van der Waals surface area contributed by atoms with Crippen molar-refractivity contribution in [2.24, 2.45) is 7.05 Å². The van der Waals surface area contributed by atoms with Crippen LogP contribution in [0.2, 0.25) is 0 Å². The van der Waals surface area contributed by atoms with Crippen LogP contribution in [0, 0.1) is 6.92 Å². The third-order valence-corrected chi connectivity index (χ3v) is 3.89. The number of nitrogens with zero attached hydrogens (tertiary/aromatic N) is 2. The quantitative estimate of drug-likeness (QED) is 0.898. The van der Waals surface area contributed by atoms with E-state index in [2.05, 4.69) is 17.1 Å². The lowest BCUT2D eigenvalue weighted by Gasteiger charge is -2.07. The summed E-state index contributed by atoms with van der Waals surface area (Å²) in [7, 11) is 1.86. The van der Waals surface area contributed by atoms with E-state index in [0.717, 1.165) is 18.4 Å². The largest absolute Gasteiger partial charge is 0.476 e. The minimum absolute atomic E-state index is 0.137. The van der Waals surface area contributed by atoms with E-state index in [4.69, 9.17) is 0 Å². The molecule has 0 amide bonds. The van der Waals surface area contributed by atoms with Gasteiger partial charge in [-0.2, -0.15) is 0 Å². The van der Waals surface area contributed by atoms with Crippen molar-refractivity contribution in [3.8, 4) is 11.3 Å². The molecule has 0 saturated heterocycles. The average Bonchev–Trinajstić information content (AvgIpc) is 2.94. The Morgan fingerprint density at radius 2 is 2.05 bits per heavy atom. The zero-order chi connectivity index (χ0) is 13.6. The molecule has 0 bridgehead atoms. The number of benzene rings is 1. The molecule has 4 heteroatoms. The van der Waals surface area contributed by atoms with Crippen LogP contribution in [0.15, 0.2) is 18.2 Å². The van der Waals surface area contributed by atoms with Gasteiger partial charge in [0.25, 0.3) is 0 Å². The van der Waals surface area contributed by atoms with E-state index in [9.17, 15) is 9.90 Å². The molecule has 1 N–H and O–H groups in total. The van der Waals surface area contributed by atoms with Crippen LogP contribution < -0.4 is 0 Å². The van der Waals surface area contributed by atoms with Gasteiger partial charge in [0.15, 0.2) is 5.69 Å². The molecule has 3 rings (SSSR count). The summed E-state index contributed by atoms with van der Waals surface area (Å²) in [5, 5.41) is 9.28. The Kier molecular flexibility index (Phi) is 2.66. The summed E-state index contributed by atoms with van der Waals surface area (Å²) in [4.78, 5) is 15.5. The van der Waals surface area contributed by atoms with Crippen molar-refractivity contribution in [3.63, 3.8) is 0 Å². The van der Waals surface area contributed by atoms with Crippen molar-refractivity contribution in [1.29, 1.82) is 0 Å². The van der Waals surface area contributed by atoms with Crippen LogP contribution in [-0.4, -0.2) is 20.6 Å². The molecule has 0 spiro atoms. The standard InChI is InChI=1S/C15H16N2O2/c1-9-16-13(15(18)19)14(17(9)2)12-7-6-10-4-3-5-11(10)8-12/h6-8H,3-5H2,1-2H3,(H,18,19). The molecule has 0 unspecified atom stereocenters. The molecule has 0 radical (unpaired) electrons. The number of imidazole rings is 1. The third kappa shape index (κ3) is 1.84. The van der Waals surface area contributed by atoms with Gasteiger partial charge in [-0.05, 0) is 43.4 Å². The highest BCUT2D eigenvalue weighted by atomic mass is 16.4. The molecule has 1 aliphatic rings. The smallest absolute Gasteiger partial charge is 0.356 e. The second-order valence-corrected chi connectivity index (χ2v) is 5.06. The van der Waals surface area contributed by atoms with Gasteiger partial charge in [-0.1, -0.05) is 12.1 Å². The van der Waals surface area contributed by atoms with E-state index in [1.807, 2.05) is 24.6 Å². The lowest BCUT2D eigenvalue weighted by molar-refractivity contribution is 0.0692. The van der Waals surface area contributed by atoms with Crippen LogP contribution in [0.25, 0.3) is 11.3 Å². The lowest BCUT2D eigenvalue weighted by atomic mass is 10.0. The number of hydrogen-bond acceptors (Lipinski definition) is 2. The first-order chi connectivity index (χ1) is 9.08. The summed E-state index contributed by atoms with van der Waals surface area (Å²) in [6, 6.07) is 6.24. The van der Waals surface area contributed by atoms with Crippen molar-refractivity contribution in [3.05, 3.63) is 40.8 Å². The van der Waals surface area contributed by atoms with E-state index >= 15 is 0 Å². The van der Waals surface area contributed by atoms with E-state index in [0.29, 0.717) is 11.5 Å². The van der Waals surface area contributed by atoms with Crippen LogP contribution >= 0.6 is 0 Å². The van der Waals surface area contributed by atoms with Gasteiger partial charge < -0.3 is 9.67 Å². The molecule has 98 valence electrons. The van der Waals surface area contributed by atoms with E-state index in [1.165, 1.54) is 17.5 Å². The van der Waals surface area contributed by atoms with Crippen LogP contribution in [-0.2, 0) is 19.9 Å². The normalized spacial score (nSPS) is 13.6. The summed E-state index contributed by atoms with van der Waals surface area (Å²) in [6.45, 7) is 1.82. The Hall–Kier alpha value is -2.10. The van der Waals surface area contributed by atoms with Crippen molar-refractivity contribution in [2.75, 3.05) is 0 Å². The van der Waals surface area contributed by atoms with Crippen molar-refractivity contribution in [2.45, 2.75) is 26.2 Å². The first-order valence-electron chi connectivity index (χ1n) is 6.46. The minimum Gasteiger partial charge on any atom is -0.476 e. The predicted molar refractivity (Wildman–Crippen MR) is 72.4 cm³/mol. The minimum atomic E-state index is -0.973. The predicted octanol–water partition coefficient (Wildman–Crippen LogP) is 2.58. The maximum Gasteiger partial charge on any atom is 0.356 e. The maximum atomic E-state index is 11.3. The number of fused-ring (bicyclic) bond motifs is 1. The van der Waals surface area contributed by atoms with Gasteiger partial charge >= 0.3 is 5.97 Å². The number of carboxylic acid groups (broad SMARTS) is 1. The van der Waals surface area contributed by atoms with E-state index in [1.54, 1.807) is 0 Å². The molecule has 1 aromatic heterocycles. The first-order valence-corrected chi connectivity index (χ1v) is 6.46. The number of aromatic carboxylic acids is 1. The number of aromatic nitrogens is 2. The highest BCUT2D eigenvalue weighted by molar-refractivity contribution is 5.93. The van der Waals surface area contributed by atoms with Gasteiger partial charge in [0.05, 0.1) is 5.69 Å². The van der Waals surface area contributed by atoms with Gasteiger partial charge in [-0.3, -0.25) is 0 Å². The number of hydrogen-bond donors (Lipinski definition) is 1. The average molecular weight is 256 g/mol. The van der Waals surface area contributed by atoms with Crippen molar-refractivity contribution >= 4 is 5.97 Å². The Morgan fingerprint density at radius 3 is 2.79 bits per heavy atom. The molecule has 0 aliphatic heterocycles. The van der Waals surface area contributed by atoms with Gasteiger partial charge in [0, 0.05) is 12.6 Å². The summed E-state index contributed by atoms with van der Waals surface area (Å²) < 4.78 is 1.85. The Bertz CT molecular complexity index is 671. The monoisotopic (exact) mass is 256 g/mol. The van der Waals surface area contributed by atoms with Gasteiger partial charge in [-0.25, -0.2) is 9.78 Å².